The molecule has 4 nitrogen and oxygen atoms in total. The molecule has 1 aromatic carbocycles. The molecule has 0 aliphatic carbocycles. The van der Waals surface area contributed by atoms with E-state index in [4.69, 9.17) is 0 Å². The van der Waals surface area contributed by atoms with Crippen molar-refractivity contribution in [3.05, 3.63) is 35.4 Å². The van der Waals surface area contributed by atoms with Gasteiger partial charge in [-0.2, -0.15) is 23.3 Å². The van der Waals surface area contributed by atoms with Crippen molar-refractivity contribution < 1.29 is 23.1 Å². The Bertz CT molecular complexity index is 660. The molecule has 1 aliphatic rings. The number of hydrazone groups is 1. The summed E-state index contributed by atoms with van der Waals surface area (Å²) < 4.78 is 39.9. The van der Waals surface area contributed by atoms with Crippen LogP contribution in [0.1, 0.15) is 56.5 Å². The molecule has 24 heavy (non-hydrogen) atoms. The topological polar surface area (TPSA) is 52.9 Å². The quantitative estimate of drug-likeness (QED) is 0.888. The number of hydrogen-bond donors (Lipinski definition) is 1. The van der Waals surface area contributed by atoms with Crippen molar-refractivity contribution in [1.29, 1.82) is 0 Å². The maximum atomic E-state index is 13.3. The smallest absolute Gasteiger partial charge is 0.362 e. The Kier molecular flexibility index (Phi) is 4.52. The summed E-state index contributed by atoms with van der Waals surface area (Å²) in [6.07, 6.45) is -5.49. The zero-order chi connectivity index (χ0) is 18.3. The molecule has 1 aromatic rings. The van der Waals surface area contributed by atoms with Crippen LogP contribution >= 0.6 is 0 Å². The van der Waals surface area contributed by atoms with E-state index in [-0.39, 0.29) is 28.1 Å². The largest absolute Gasteiger partial charge is 0.438 e. The van der Waals surface area contributed by atoms with Crippen molar-refractivity contribution in [2.24, 2.45) is 5.10 Å². The van der Waals surface area contributed by atoms with Crippen molar-refractivity contribution in [2.75, 3.05) is 0 Å². The molecule has 0 saturated heterocycles. The van der Waals surface area contributed by atoms with Crippen LogP contribution < -0.4 is 0 Å². The standard InChI is InChI=1S/C17H21F3N2O2/c1-5-13-10-16(24,17(18,19)20)22(21-13)14(23)11-6-8-12(9-7-11)15(2,3)4/h6-9,24H,5,10H2,1-4H3/t16-/m1/s1. The number of aliphatic hydroxyl groups is 1. The number of carbonyl (C=O) groups excluding carboxylic acids is 1. The first-order valence-corrected chi connectivity index (χ1v) is 7.70. The predicted octanol–water partition coefficient (Wildman–Crippen LogP) is 3.85. The van der Waals surface area contributed by atoms with Crippen LogP contribution in [0.2, 0.25) is 0 Å². The average Bonchev–Trinajstić information content (AvgIpc) is 2.84. The number of benzene rings is 1. The molecule has 0 spiro atoms. The van der Waals surface area contributed by atoms with E-state index in [1.807, 2.05) is 20.8 Å². The summed E-state index contributed by atoms with van der Waals surface area (Å²) in [6, 6.07) is 6.30. The lowest BCUT2D eigenvalue weighted by Crippen LogP contribution is -2.56. The normalized spacial score (nSPS) is 21.8. The molecule has 132 valence electrons. The fraction of sp³-hybridized carbons (Fsp3) is 0.529. The minimum atomic E-state index is -4.99. The molecule has 0 saturated carbocycles. The van der Waals surface area contributed by atoms with Crippen LogP contribution in [0.4, 0.5) is 13.2 Å². The zero-order valence-corrected chi connectivity index (χ0v) is 14.1. The van der Waals surface area contributed by atoms with Crippen LogP contribution in [0.15, 0.2) is 29.4 Å². The Balaban J connectivity index is 2.38. The molecule has 1 N–H and O–H groups in total. The molecule has 0 unspecified atom stereocenters. The first-order valence-electron chi connectivity index (χ1n) is 7.70. The van der Waals surface area contributed by atoms with Crippen LogP contribution in [0.25, 0.3) is 0 Å². The first-order chi connectivity index (χ1) is 10.9. The van der Waals surface area contributed by atoms with Crippen LogP contribution in [0.3, 0.4) is 0 Å². The number of carbonyl (C=O) groups is 1. The minimum absolute atomic E-state index is 0.0479. The van der Waals surface area contributed by atoms with Gasteiger partial charge in [0.05, 0.1) is 0 Å². The molecular formula is C17H21F3N2O2. The number of alkyl halides is 3. The van der Waals surface area contributed by atoms with Crippen molar-refractivity contribution in [3.63, 3.8) is 0 Å². The van der Waals surface area contributed by atoms with Gasteiger partial charge in [0.1, 0.15) is 0 Å². The lowest BCUT2D eigenvalue weighted by molar-refractivity contribution is -0.297. The highest BCUT2D eigenvalue weighted by molar-refractivity contribution is 5.98. The summed E-state index contributed by atoms with van der Waals surface area (Å²) in [7, 11) is 0. The number of nitrogens with zero attached hydrogens (tertiary/aromatic N) is 2. The predicted molar refractivity (Wildman–Crippen MR) is 84.7 cm³/mol. The fourth-order valence-electron chi connectivity index (χ4n) is 2.48. The Morgan fingerprint density at radius 3 is 2.21 bits per heavy atom. The van der Waals surface area contributed by atoms with Crippen molar-refractivity contribution in [1.82, 2.24) is 5.01 Å². The van der Waals surface area contributed by atoms with E-state index >= 15 is 0 Å². The van der Waals surface area contributed by atoms with Gasteiger partial charge in [-0.1, -0.05) is 39.8 Å². The van der Waals surface area contributed by atoms with E-state index in [1.54, 1.807) is 19.1 Å². The molecule has 0 radical (unpaired) electrons. The van der Waals surface area contributed by atoms with Gasteiger partial charge in [0.15, 0.2) is 0 Å². The van der Waals surface area contributed by atoms with Crippen LogP contribution in [0, 0.1) is 0 Å². The summed E-state index contributed by atoms with van der Waals surface area (Å²) in [6.45, 7) is 7.60. The van der Waals surface area contributed by atoms with Gasteiger partial charge in [-0.25, -0.2) is 0 Å². The summed E-state index contributed by atoms with van der Waals surface area (Å²) in [5, 5.41) is 13.9. The number of rotatable bonds is 2. The highest BCUT2D eigenvalue weighted by atomic mass is 19.4. The average molecular weight is 342 g/mol. The summed E-state index contributed by atoms with van der Waals surface area (Å²) in [5.74, 6) is -0.973. The van der Waals surface area contributed by atoms with E-state index in [0.29, 0.717) is 0 Å². The van der Waals surface area contributed by atoms with Crippen molar-refractivity contribution >= 4 is 11.6 Å². The van der Waals surface area contributed by atoms with E-state index in [2.05, 4.69) is 5.10 Å². The van der Waals surface area contributed by atoms with Gasteiger partial charge in [0.25, 0.3) is 11.6 Å². The highest BCUT2D eigenvalue weighted by Gasteiger charge is 2.63. The van der Waals surface area contributed by atoms with Gasteiger partial charge >= 0.3 is 6.18 Å². The van der Waals surface area contributed by atoms with Gasteiger partial charge < -0.3 is 5.11 Å². The van der Waals surface area contributed by atoms with Gasteiger partial charge in [0.2, 0.25) is 0 Å². The third-order valence-electron chi connectivity index (χ3n) is 4.09. The van der Waals surface area contributed by atoms with Crippen molar-refractivity contribution in [2.45, 2.75) is 57.9 Å². The molecule has 1 atom stereocenters. The molecule has 2 rings (SSSR count). The summed E-state index contributed by atoms with van der Waals surface area (Å²) >= 11 is 0. The monoisotopic (exact) mass is 342 g/mol. The Morgan fingerprint density at radius 1 is 1.25 bits per heavy atom. The second kappa shape index (κ2) is 5.88. The first kappa shape index (κ1) is 18.4. The highest BCUT2D eigenvalue weighted by Crippen LogP contribution is 2.41. The molecule has 1 heterocycles. The lowest BCUT2D eigenvalue weighted by Gasteiger charge is -2.32. The van der Waals surface area contributed by atoms with Gasteiger partial charge in [0, 0.05) is 17.7 Å². The van der Waals surface area contributed by atoms with Gasteiger partial charge in [-0.05, 0) is 29.5 Å². The number of halogens is 3. The number of hydrogen-bond acceptors (Lipinski definition) is 3. The van der Waals surface area contributed by atoms with Crippen LogP contribution in [-0.4, -0.2) is 33.6 Å². The molecule has 0 fully saturated rings. The fourth-order valence-corrected chi connectivity index (χ4v) is 2.48. The second-order valence-corrected chi connectivity index (χ2v) is 6.96. The Labute approximate surface area is 139 Å². The molecule has 1 amide bonds. The van der Waals surface area contributed by atoms with Crippen molar-refractivity contribution in [3.8, 4) is 0 Å². The maximum absolute atomic E-state index is 13.3. The molecule has 0 bridgehead atoms. The molecule has 1 aliphatic heterocycles. The van der Waals surface area contributed by atoms with E-state index in [9.17, 15) is 23.1 Å². The zero-order valence-electron chi connectivity index (χ0n) is 14.1. The Morgan fingerprint density at radius 2 is 1.79 bits per heavy atom. The summed E-state index contributed by atoms with van der Waals surface area (Å²) in [4.78, 5) is 12.5. The third-order valence-corrected chi connectivity index (χ3v) is 4.09. The molecule has 7 heteroatoms. The van der Waals surface area contributed by atoms with Crippen LogP contribution in [-0.2, 0) is 5.41 Å². The van der Waals surface area contributed by atoms with Crippen LogP contribution in [0.5, 0.6) is 0 Å². The minimum Gasteiger partial charge on any atom is -0.362 e. The molecule has 0 aromatic heterocycles. The third kappa shape index (κ3) is 3.17. The second-order valence-electron chi connectivity index (χ2n) is 6.96. The summed E-state index contributed by atoms with van der Waals surface area (Å²) in [5.41, 5.74) is -2.31. The molecular weight excluding hydrogens is 321 g/mol. The van der Waals surface area contributed by atoms with E-state index in [1.165, 1.54) is 12.1 Å². The lowest BCUT2D eigenvalue weighted by atomic mass is 9.86. The maximum Gasteiger partial charge on any atom is 0.438 e. The van der Waals surface area contributed by atoms with E-state index < -0.39 is 24.2 Å². The SMILES string of the molecule is CCC1=NN(C(=O)c2ccc(C(C)(C)C)cc2)[C@](O)(C(F)(F)F)C1. The number of amides is 1. The van der Waals surface area contributed by atoms with Gasteiger partial charge in [-0.3, -0.25) is 4.79 Å². The van der Waals surface area contributed by atoms with Gasteiger partial charge in [-0.15, -0.1) is 0 Å². The Hall–Kier alpha value is -1.89. The van der Waals surface area contributed by atoms with E-state index in [0.717, 1.165) is 5.56 Å².